The van der Waals surface area contributed by atoms with Crippen LogP contribution in [0.5, 0.6) is 0 Å². The third-order valence-corrected chi connectivity index (χ3v) is 16.7. The van der Waals surface area contributed by atoms with Crippen LogP contribution in [0, 0.1) is 20.8 Å². The average molecular weight is 963 g/mol. The Bertz CT molecular complexity index is 3900. The number of benzene rings is 9. The van der Waals surface area contributed by atoms with Crippen molar-refractivity contribution in [3.63, 3.8) is 0 Å². The van der Waals surface area contributed by atoms with Crippen LogP contribution in [0.2, 0.25) is 0 Å². The van der Waals surface area contributed by atoms with Gasteiger partial charge in [0.15, 0.2) is 0 Å². The molecule has 0 radical (unpaired) electrons. The van der Waals surface area contributed by atoms with E-state index in [-0.39, 0.29) is 28.5 Å². The Balaban J connectivity index is 1.25. The Morgan fingerprint density at radius 3 is 1.54 bits per heavy atom. The van der Waals surface area contributed by atoms with Crippen LogP contribution in [-0.4, -0.2) is 11.3 Å². The lowest BCUT2D eigenvalue weighted by Gasteiger charge is -2.42. The number of aryl methyl sites for hydroxylation is 3. The van der Waals surface area contributed by atoms with Gasteiger partial charge in [0.2, 0.25) is 0 Å². The van der Waals surface area contributed by atoms with E-state index in [2.05, 4.69) is 271 Å². The quantitative estimate of drug-likeness (QED) is 0.160. The zero-order chi connectivity index (χ0) is 52.1. The standard InChI is InChI=1S/C71H71BN2/c1-42-21-16-17-24-53(42)45-29-31-61-60(36-45)72-66-59(57-27-20-28-58-65-56-26-19-25-55(64-43(2)22-18-23-44(64)3)54(56)30-32-62(65)74(72)67(57)58)35-47(46-33-48(68(4,5)6)38-49(34-46)69(7,8)9)37-63(66)73(61)52-40-50(70(10,11)12)39-51(41-52)71(13,14)15/h16-41H,1-15H3. The van der Waals surface area contributed by atoms with Crippen LogP contribution in [0.3, 0.4) is 0 Å². The lowest BCUT2D eigenvalue weighted by molar-refractivity contribution is 0.568. The lowest BCUT2D eigenvalue weighted by atomic mass is 9.44. The monoisotopic (exact) mass is 963 g/mol. The Hall–Kier alpha value is -7.10. The Morgan fingerprint density at radius 1 is 0.378 bits per heavy atom. The van der Waals surface area contributed by atoms with Crippen LogP contribution >= 0.6 is 0 Å². The first kappa shape index (κ1) is 47.9. The van der Waals surface area contributed by atoms with Crippen molar-refractivity contribution in [1.29, 1.82) is 0 Å². The van der Waals surface area contributed by atoms with E-state index in [0.717, 1.165) is 0 Å². The van der Waals surface area contributed by atoms with E-state index in [0.29, 0.717) is 0 Å². The number of anilines is 3. The van der Waals surface area contributed by atoms with E-state index in [9.17, 15) is 0 Å². The summed E-state index contributed by atoms with van der Waals surface area (Å²) in [5, 5.41) is 5.21. The highest BCUT2D eigenvalue weighted by Gasteiger charge is 2.44. The van der Waals surface area contributed by atoms with Crippen molar-refractivity contribution in [2.75, 3.05) is 4.90 Å². The van der Waals surface area contributed by atoms with Crippen LogP contribution in [-0.2, 0) is 21.7 Å². The van der Waals surface area contributed by atoms with Crippen LogP contribution in [0.15, 0.2) is 158 Å². The van der Waals surface area contributed by atoms with Crippen LogP contribution in [0.25, 0.3) is 77.1 Å². The van der Waals surface area contributed by atoms with Crippen molar-refractivity contribution in [2.45, 2.75) is 126 Å². The highest BCUT2D eigenvalue weighted by molar-refractivity contribution is 6.90. The minimum Gasteiger partial charge on any atom is -0.375 e. The molecule has 12 rings (SSSR count). The van der Waals surface area contributed by atoms with Gasteiger partial charge in [0.25, 0.3) is 0 Å². The lowest BCUT2D eigenvalue weighted by Crippen LogP contribution is -2.56. The van der Waals surface area contributed by atoms with Gasteiger partial charge in [-0.3, -0.25) is 0 Å². The van der Waals surface area contributed by atoms with Crippen LogP contribution in [0.1, 0.15) is 122 Å². The molecule has 0 bridgehead atoms. The largest absolute Gasteiger partial charge is 0.375 e. The van der Waals surface area contributed by atoms with Gasteiger partial charge in [-0.15, -0.1) is 0 Å². The molecule has 0 atom stereocenters. The fourth-order valence-electron chi connectivity index (χ4n) is 12.5. The number of para-hydroxylation sites is 1. The molecule has 74 heavy (non-hydrogen) atoms. The molecular weight excluding hydrogens is 892 g/mol. The van der Waals surface area contributed by atoms with Crippen molar-refractivity contribution in [1.82, 2.24) is 4.48 Å². The van der Waals surface area contributed by atoms with E-state index >= 15 is 0 Å². The molecule has 0 spiro atoms. The fourth-order valence-corrected chi connectivity index (χ4v) is 12.5. The maximum absolute atomic E-state index is 2.75. The van der Waals surface area contributed by atoms with Gasteiger partial charge in [0.1, 0.15) is 0 Å². The van der Waals surface area contributed by atoms with E-state index < -0.39 is 0 Å². The summed E-state index contributed by atoms with van der Waals surface area (Å²) in [5.74, 6) is 0. The van der Waals surface area contributed by atoms with E-state index in [4.69, 9.17) is 0 Å². The van der Waals surface area contributed by atoms with Gasteiger partial charge in [-0.05, 0) is 178 Å². The zero-order valence-electron chi connectivity index (χ0n) is 46.5. The summed E-state index contributed by atoms with van der Waals surface area (Å²) < 4.78 is 2.75. The minimum absolute atomic E-state index is 0.0345. The molecule has 0 saturated carbocycles. The number of fused-ring (bicyclic) bond motifs is 9. The van der Waals surface area contributed by atoms with E-state index in [1.807, 2.05) is 0 Å². The molecule has 3 heterocycles. The summed E-state index contributed by atoms with van der Waals surface area (Å²) in [4.78, 5) is 2.65. The smallest absolute Gasteiger partial charge is 0.333 e. The van der Waals surface area contributed by atoms with Crippen molar-refractivity contribution in [3.05, 3.63) is 197 Å². The van der Waals surface area contributed by atoms with Crippen molar-refractivity contribution >= 4 is 67.4 Å². The first-order valence-corrected chi connectivity index (χ1v) is 27.0. The Labute approximate surface area is 441 Å². The molecule has 0 N–H and O–H groups in total. The summed E-state index contributed by atoms with van der Waals surface area (Å²) in [6, 6.07) is 61.9. The predicted octanol–water partition coefficient (Wildman–Crippen LogP) is 18.5. The van der Waals surface area contributed by atoms with Gasteiger partial charge in [-0.1, -0.05) is 204 Å². The van der Waals surface area contributed by atoms with Gasteiger partial charge < -0.3 is 9.38 Å². The van der Waals surface area contributed by atoms with Crippen LogP contribution in [0.4, 0.5) is 17.1 Å². The second-order valence-corrected chi connectivity index (χ2v) is 26.0. The summed E-state index contributed by atoms with van der Waals surface area (Å²) >= 11 is 0. The second-order valence-electron chi connectivity index (χ2n) is 26.0. The normalized spacial score (nSPS) is 13.6. The molecule has 368 valence electrons. The molecule has 1 aromatic heterocycles. The SMILES string of the molecule is Cc1ccccc1-c1ccc2c(c1)B1c3c(cc(-c4cc(C(C)(C)C)cc(C(C)(C)C)c4)cc3N2c2cc(C(C)(C)C)cc(C(C)(C)C)c2)-c2cccc3c4c5cccc(-c6c(C)cccc6C)c5ccc4n1c23. The van der Waals surface area contributed by atoms with Gasteiger partial charge in [0, 0.05) is 44.4 Å². The summed E-state index contributed by atoms with van der Waals surface area (Å²) in [6.45, 7) is 34.9. The molecule has 0 amide bonds. The summed E-state index contributed by atoms with van der Waals surface area (Å²) in [5.41, 5.74) is 28.2. The van der Waals surface area contributed by atoms with Crippen molar-refractivity contribution < 1.29 is 0 Å². The Morgan fingerprint density at radius 2 is 0.919 bits per heavy atom. The molecule has 3 heteroatoms. The number of nitrogens with zero attached hydrogens (tertiary/aromatic N) is 2. The molecule has 2 aliphatic rings. The van der Waals surface area contributed by atoms with E-state index in [1.165, 1.54) is 144 Å². The highest BCUT2D eigenvalue weighted by atomic mass is 15.2. The third kappa shape index (κ3) is 7.51. The van der Waals surface area contributed by atoms with Gasteiger partial charge in [-0.25, -0.2) is 0 Å². The number of rotatable bonds is 4. The average Bonchev–Trinajstić information content (AvgIpc) is 3.75. The molecule has 0 fully saturated rings. The van der Waals surface area contributed by atoms with Crippen molar-refractivity contribution in [2.24, 2.45) is 0 Å². The maximum Gasteiger partial charge on any atom is 0.333 e. The number of aromatic nitrogens is 1. The van der Waals surface area contributed by atoms with Gasteiger partial charge >= 0.3 is 6.85 Å². The third-order valence-electron chi connectivity index (χ3n) is 16.7. The molecule has 10 aromatic rings. The maximum atomic E-state index is 2.75. The van der Waals surface area contributed by atoms with Gasteiger partial charge in [-0.2, -0.15) is 0 Å². The molecule has 0 unspecified atom stereocenters. The first-order chi connectivity index (χ1) is 35.0. The molecule has 0 aliphatic carbocycles. The van der Waals surface area contributed by atoms with Crippen molar-refractivity contribution in [3.8, 4) is 44.5 Å². The number of hydrogen-bond donors (Lipinski definition) is 0. The fraction of sp³-hybridized carbons (Fsp3) is 0.268. The molecule has 2 nitrogen and oxygen atoms in total. The molecular formula is C71H71BN2. The number of hydrogen-bond acceptors (Lipinski definition) is 1. The topological polar surface area (TPSA) is 8.17 Å². The molecule has 2 aliphatic heterocycles. The summed E-state index contributed by atoms with van der Waals surface area (Å²) in [7, 11) is 0. The highest BCUT2D eigenvalue weighted by Crippen LogP contribution is 2.50. The zero-order valence-corrected chi connectivity index (χ0v) is 46.5. The first-order valence-electron chi connectivity index (χ1n) is 27.0. The Kier molecular flexibility index (Phi) is 10.6. The molecule has 9 aromatic carbocycles. The summed E-state index contributed by atoms with van der Waals surface area (Å²) in [6.07, 6.45) is 0. The van der Waals surface area contributed by atoms with Gasteiger partial charge in [0.05, 0.1) is 0 Å². The van der Waals surface area contributed by atoms with E-state index in [1.54, 1.807) is 0 Å². The minimum atomic E-state index is -0.114. The molecule has 0 saturated heterocycles. The second kappa shape index (κ2) is 16.5. The predicted molar refractivity (Wildman–Crippen MR) is 323 cm³/mol. The van der Waals surface area contributed by atoms with Crippen LogP contribution < -0.4 is 15.8 Å².